The Labute approximate surface area is 193 Å². The zero-order valence-corrected chi connectivity index (χ0v) is 18.8. The number of aliphatic imine (C=N–C) groups is 1. The number of anilines is 2. The third-order valence-electron chi connectivity index (χ3n) is 4.93. The molecule has 0 aliphatic rings. The fourth-order valence-corrected chi connectivity index (χ4v) is 3.86. The Bertz CT molecular complexity index is 1420. The molecule has 0 atom stereocenters. The summed E-state index contributed by atoms with van der Waals surface area (Å²) in [5.74, 6) is -2.31. The van der Waals surface area contributed by atoms with Gasteiger partial charge in [-0.05, 0) is 12.1 Å². The van der Waals surface area contributed by atoms with Crippen molar-refractivity contribution in [3.8, 4) is 11.3 Å². The molecule has 9 nitrogen and oxygen atoms in total. The molecule has 0 aliphatic heterocycles. The van der Waals surface area contributed by atoms with E-state index in [9.17, 15) is 31.9 Å². The van der Waals surface area contributed by atoms with E-state index in [0.717, 1.165) is 32.6 Å². The molecule has 14 heteroatoms. The molecule has 0 saturated heterocycles. The number of aromatic nitrogens is 3. The van der Waals surface area contributed by atoms with Gasteiger partial charge in [-0.25, -0.2) is 14.2 Å². The summed E-state index contributed by atoms with van der Waals surface area (Å²) in [5.41, 5.74) is 2.51. The average Bonchev–Trinajstić information content (AvgIpc) is 3.23. The van der Waals surface area contributed by atoms with Crippen molar-refractivity contribution in [1.82, 2.24) is 14.1 Å². The number of amides is 1. The normalized spacial score (nSPS) is 12.1. The van der Waals surface area contributed by atoms with E-state index in [1.54, 1.807) is 0 Å². The molecule has 0 spiro atoms. The van der Waals surface area contributed by atoms with E-state index in [-0.39, 0.29) is 33.5 Å². The Morgan fingerprint density at radius 1 is 1.24 bits per heavy atom. The van der Waals surface area contributed by atoms with Gasteiger partial charge in [-0.15, -0.1) is 11.3 Å². The first-order chi connectivity index (χ1) is 15.9. The summed E-state index contributed by atoms with van der Waals surface area (Å²) in [4.78, 5) is 45.0. The quantitative estimate of drug-likeness (QED) is 0.413. The number of nitrogens with zero attached hydrogens (tertiary/aromatic N) is 4. The van der Waals surface area contributed by atoms with Crippen molar-refractivity contribution in [3.05, 3.63) is 61.4 Å². The first-order valence-electron chi connectivity index (χ1n) is 9.49. The first kappa shape index (κ1) is 24.8. The zero-order chi connectivity index (χ0) is 25.4. The molecular weight excluding hydrogens is 480 g/mol. The molecule has 3 aromatic rings. The molecule has 0 radical (unpaired) electrons. The van der Waals surface area contributed by atoms with E-state index in [4.69, 9.17) is 5.73 Å². The number of thiazole rings is 1. The second-order valence-corrected chi connectivity index (χ2v) is 7.92. The van der Waals surface area contributed by atoms with E-state index >= 15 is 0 Å². The van der Waals surface area contributed by atoms with Gasteiger partial charge >= 0.3 is 11.9 Å². The predicted octanol–water partition coefficient (Wildman–Crippen LogP) is 2.40. The van der Waals surface area contributed by atoms with E-state index in [1.165, 1.54) is 26.5 Å². The molecular formula is C20H18F4N6O3S. The van der Waals surface area contributed by atoms with Gasteiger partial charge in [-0.2, -0.15) is 13.2 Å². The topological polar surface area (TPSA) is 124 Å². The van der Waals surface area contributed by atoms with Crippen molar-refractivity contribution >= 4 is 33.9 Å². The monoisotopic (exact) mass is 498 g/mol. The van der Waals surface area contributed by atoms with E-state index < -0.39 is 41.1 Å². The largest absolute Gasteiger partial charge is 0.419 e. The molecule has 3 rings (SSSR count). The van der Waals surface area contributed by atoms with Gasteiger partial charge in [0.2, 0.25) is 5.91 Å². The molecule has 0 bridgehead atoms. The van der Waals surface area contributed by atoms with Crippen LogP contribution in [0.15, 0.2) is 38.2 Å². The van der Waals surface area contributed by atoms with Crippen molar-refractivity contribution in [2.45, 2.75) is 12.6 Å². The second kappa shape index (κ2) is 9.21. The van der Waals surface area contributed by atoms with Crippen LogP contribution in [0.3, 0.4) is 0 Å². The SMILES string of the molecule is CN=C(CC(=O)Nc1nc(-c2cccc(C(F)(F)F)c2F)cs1)c1c(N)n(C)c(=O)n(C)c1=O. The van der Waals surface area contributed by atoms with Crippen LogP contribution in [0.1, 0.15) is 17.5 Å². The van der Waals surface area contributed by atoms with Gasteiger partial charge in [0.05, 0.1) is 23.4 Å². The summed E-state index contributed by atoms with van der Waals surface area (Å²) in [6.45, 7) is 0. The van der Waals surface area contributed by atoms with Gasteiger partial charge in [0.15, 0.2) is 5.13 Å². The molecule has 2 aromatic heterocycles. The highest BCUT2D eigenvalue weighted by Gasteiger charge is 2.35. The molecule has 1 amide bonds. The molecule has 0 saturated carbocycles. The number of halogens is 4. The minimum absolute atomic E-state index is 0.00593. The third-order valence-corrected chi connectivity index (χ3v) is 5.68. The minimum Gasteiger partial charge on any atom is -0.384 e. The number of benzene rings is 1. The van der Waals surface area contributed by atoms with Crippen LogP contribution in [-0.4, -0.2) is 32.8 Å². The molecule has 3 N–H and O–H groups in total. The highest BCUT2D eigenvalue weighted by atomic mass is 32.1. The van der Waals surface area contributed by atoms with Gasteiger partial charge in [-0.1, -0.05) is 6.07 Å². The lowest BCUT2D eigenvalue weighted by molar-refractivity contribution is -0.139. The van der Waals surface area contributed by atoms with Crippen LogP contribution >= 0.6 is 11.3 Å². The Morgan fingerprint density at radius 2 is 1.91 bits per heavy atom. The summed E-state index contributed by atoms with van der Waals surface area (Å²) >= 11 is 0.872. The van der Waals surface area contributed by atoms with Crippen LogP contribution in [0.5, 0.6) is 0 Å². The Morgan fingerprint density at radius 3 is 2.53 bits per heavy atom. The van der Waals surface area contributed by atoms with Crippen LogP contribution in [0.25, 0.3) is 11.3 Å². The number of nitrogens with two attached hydrogens (primary N) is 1. The molecule has 180 valence electrons. The maximum atomic E-state index is 14.4. The predicted molar refractivity (Wildman–Crippen MR) is 120 cm³/mol. The van der Waals surface area contributed by atoms with Gasteiger partial charge in [-0.3, -0.25) is 23.7 Å². The van der Waals surface area contributed by atoms with E-state index in [0.29, 0.717) is 6.07 Å². The fourth-order valence-electron chi connectivity index (χ4n) is 3.13. The van der Waals surface area contributed by atoms with Gasteiger partial charge in [0.25, 0.3) is 5.56 Å². The Kier molecular flexibility index (Phi) is 6.72. The standard InChI is InChI=1S/C20H18F4N6O3S/c1-26-11(14-16(25)29(2)19(33)30(3)17(14)32)7-13(31)28-18-27-12(8-34-18)9-5-4-6-10(15(9)21)20(22,23)24/h4-6,8H,7,25H2,1-3H3,(H,27,28,31). The van der Waals surface area contributed by atoms with E-state index in [1.807, 2.05) is 0 Å². The second-order valence-electron chi connectivity index (χ2n) is 7.06. The number of hydrogen-bond acceptors (Lipinski definition) is 7. The maximum Gasteiger partial charge on any atom is 0.419 e. The highest BCUT2D eigenvalue weighted by Crippen LogP contribution is 2.36. The summed E-state index contributed by atoms with van der Waals surface area (Å²) in [5, 5.41) is 3.72. The highest BCUT2D eigenvalue weighted by molar-refractivity contribution is 7.14. The number of alkyl halides is 3. The molecule has 0 aliphatic carbocycles. The van der Waals surface area contributed by atoms with Crippen LogP contribution in [-0.2, 0) is 25.1 Å². The lowest BCUT2D eigenvalue weighted by Gasteiger charge is -2.13. The smallest absolute Gasteiger partial charge is 0.384 e. The minimum atomic E-state index is -4.87. The fraction of sp³-hybridized carbons (Fsp3) is 0.250. The van der Waals surface area contributed by atoms with Crippen molar-refractivity contribution in [1.29, 1.82) is 0 Å². The molecule has 34 heavy (non-hydrogen) atoms. The van der Waals surface area contributed by atoms with Crippen LogP contribution < -0.4 is 22.3 Å². The molecule has 0 fully saturated rings. The molecule has 2 heterocycles. The summed E-state index contributed by atoms with van der Waals surface area (Å²) in [6, 6.07) is 2.82. The number of nitrogens with one attached hydrogen (secondary N) is 1. The molecule has 0 unspecified atom stereocenters. The molecule has 1 aromatic carbocycles. The number of carbonyl (C=O) groups is 1. The van der Waals surface area contributed by atoms with Crippen molar-refractivity contribution in [2.75, 3.05) is 18.1 Å². The van der Waals surface area contributed by atoms with Gasteiger partial charge in [0, 0.05) is 32.1 Å². The number of rotatable bonds is 5. The van der Waals surface area contributed by atoms with Crippen molar-refractivity contribution < 1.29 is 22.4 Å². The summed E-state index contributed by atoms with van der Waals surface area (Å²) < 4.78 is 55.1. The van der Waals surface area contributed by atoms with Gasteiger partial charge in [0.1, 0.15) is 17.2 Å². The first-order valence-corrected chi connectivity index (χ1v) is 10.4. The number of hydrogen-bond donors (Lipinski definition) is 2. The lowest BCUT2D eigenvalue weighted by Crippen LogP contribution is -2.42. The van der Waals surface area contributed by atoms with Gasteiger partial charge < -0.3 is 11.1 Å². The number of nitrogen functional groups attached to an aromatic ring is 1. The summed E-state index contributed by atoms with van der Waals surface area (Å²) in [7, 11) is 3.95. The van der Waals surface area contributed by atoms with Crippen LogP contribution in [0, 0.1) is 5.82 Å². The van der Waals surface area contributed by atoms with Crippen molar-refractivity contribution in [3.63, 3.8) is 0 Å². The van der Waals surface area contributed by atoms with Crippen LogP contribution in [0.2, 0.25) is 0 Å². The Hall–Kier alpha value is -3.81. The maximum absolute atomic E-state index is 14.4. The third kappa shape index (κ3) is 4.62. The van der Waals surface area contributed by atoms with Crippen molar-refractivity contribution in [2.24, 2.45) is 19.1 Å². The van der Waals surface area contributed by atoms with Crippen LogP contribution in [0.4, 0.5) is 28.5 Å². The Balaban J connectivity index is 1.84. The average molecular weight is 498 g/mol. The number of carbonyl (C=O) groups excluding carboxylic acids is 1. The summed E-state index contributed by atoms with van der Waals surface area (Å²) in [6.07, 6.45) is -5.29. The van der Waals surface area contributed by atoms with E-state index in [2.05, 4.69) is 15.3 Å². The lowest BCUT2D eigenvalue weighted by atomic mass is 10.1. The zero-order valence-electron chi connectivity index (χ0n) is 18.0.